The molecule has 1 atom stereocenters. The lowest BCUT2D eigenvalue weighted by Gasteiger charge is -2.11. The van der Waals surface area contributed by atoms with Crippen LogP contribution in [0.3, 0.4) is 0 Å². The van der Waals surface area contributed by atoms with Gasteiger partial charge in [0.15, 0.2) is 0 Å². The zero-order valence-electron chi connectivity index (χ0n) is 8.87. The van der Waals surface area contributed by atoms with Crippen molar-refractivity contribution in [3.05, 3.63) is 34.9 Å². The van der Waals surface area contributed by atoms with Gasteiger partial charge in [0, 0.05) is 5.02 Å². The quantitative estimate of drug-likeness (QED) is 0.648. The van der Waals surface area contributed by atoms with E-state index >= 15 is 0 Å². The van der Waals surface area contributed by atoms with Gasteiger partial charge in [0.25, 0.3) is 5.91 Å². The Balaban J connectivity index is 2.57. The lowest BCUT2D eigenvalue weighted by molar-refractivity contribution is -0.121. The second kappa shape index (κ2) is 6.46. The number of hydrogen-bond donors (Lipinski definition) is 2. The summed E-state index contributed by atoms with van der Waals surface area (Å²) >= 11 is 8.93. The third-order valence-electron chi connectivity index (χ3n) is 1.87. The molecule has 7 heteroatoms. The lowest BCUT2D eigenvalue weighted by atomic mass is 10.1. The molecule has 0 aliphatic carbocycles. The summed E-state index contributed by atoms with van der Waals surface area (Å²) in [5, 5.41) is 0.585. The van der Waals surface area contributed by atoms with E-state index in [2.05, 4.69) is 31.5 Å². The molecule has 0 radical (unpaired) electrons. The molecule has 0 saturated heterocycles. The van der Waals surface area contributed by atoms with E-state index in [0.717, 1.165) is 5.56 Å². The molecule has 17 heavy (non-hydrogen) atoms. The summed E-state index contributed by atoms with van der Waals surface area (Å²) in [5.74, 6) is -0.419. The zero-order chi connectivity index (χ0) is 12.8. The van der Waals surface area contributed by atoms with Gasteiger partial charge in [0.1, 0.15) is 4.83 Å². The van der Waals surface area contributed by atoms with Crippen LogP contribution in [0.2, 0.25) is 5.02 Å². The first kappa shape index (κ1) is 13.8. The Hall–Kier alpha value is -1.27. The molecule has 1 aromatic rings. The van der Waals surface area contributed by atoms with Crippen molar-refractivity contribution in [2.75, 3.05) is 7.11 Å². The monoisotopic (exact) mass is 320 g/mol. The molecular weight excluding hydrogens is 311 g/mol. The maximum absolute atomic E-state index is 11.6. The number of rotatable bonds is 2. The highest BCUT2D eigenvalue weighted by Gasteiger charge is 2.17. The highest BCUT2D eigenvalue weighted by atomic mass is 79.9. The van der Waals surface area contributed by atoms with Gasteiger partial charge in [-0.2, -0.15) is 0 Å². The minimum Gasteiger partial charge on any atom is -0.452 e. The first-order valence-corrected chi connectivity index (χ1v) is 5.87. The van der Waals surface area contributed by atoms with E-state index in [1.807, 2.05) is 0 Å². The van der Waals surface area contributed by atoms with E-state index in [4.69, 9.17) is 11.6 Å². The number of benzene rings is 1. The second-order valence-electron chi connectivity index (χ2n) is 3.02. The Morgan fingerprint density at radius 1 is 1.29 bits per heavy atom. The van der Waals surface area contributed by atoms with E-state index in [9.17, 15) is 9.59 Å². The number of carbonyl (C=O) groups excluding carboxylic acids is 2. The second-order valence-corrected chi connectivity index (χ2v) is 4.37. The minimum absolute atomic E-state index is 0.419. The van der Waals surface area contributed by atoms with Gasteiger partial charge >= 0.3 is 6.09 Å². The third-order valence-corrected chi connectivity index (χ3v) is 3.06. The van der Waals surface area contributed by atoms with E-state index in [0.29, 0.717) is 5.02 Å². The summed E-state index contributed by atoms with van der Waals surface area (Å²) < 4.78 is 4.30. The van der Waals surface area contributed by atoms with Crippen molar-refractivity contribution in [2.24, 2.45) is 0 Å². The van der Waals surface area contributed by atoms with Crippen molar-refractivity contribution in [1.82, 2.24) is 10.9 Å². The molecular formula is C10H10BrClN2O3. The van der Waals surface area contributed by atoms with Crippen LogP contribution in [0.25, 0.3) is 0 Å². The number of hydrogen-bond acceptors (Lipinski definition) is 3. The van der Waals surface area contributed by atoms with Gasteiger partial charge in [-0.3, -0.25) is 10.2 Å². The van der Waals surface area contributed by atoms with Gasteiger partial charge in [-0.1, -0.05) is 39.7 Å². The average molecular weight is 322 g/mol. The van der Waals surface area contributed by atoms with Crippen LogP contribution in [-0.4, -0.2) is 19.1 Å². The Kier molecular flexibility index (Phi) is 5.24. The molecule has 0 heterocycles. The van der Waals surface area contributed by atoms with Crippen LogP contribution in [0, 0.1) is 0 Å². The fraction of sp³-hybridized carbons (Fsp3) is 0.200. The largest absolute Gasteiger partial charge is 0.452 e. The van der Waals surface area contributed by atoms with Gasteiger partial charge < -0.3 is 4.74 Å². The lowest BCUT2D eigenvalue weighted by Crippen LogP contribution is -2.42. The Morgan fingerprint density at radius 2 is 1.88 bits per heavy atom. The Labute approximate surface area is 112 Å². The van der Waals surface area contributed by atoms with Crippen molar-refractivity contribution < 1.29 is 14.3 Å². The summed E-state index contributed by atoms with van der Waals surface area (Å²) in [7, 11) is 1.20. The van der Waals surface area contributed by atoms with E-state index in [-0.39, 0.29) is 0 Å². The molecule has 0 fully saturated rings. The van der Waals surface area contributed by atoms with Crippen LogP contribution in [0.15, 0.2) is 24.3 Å². The maximum atomic E-state index is 11.6. The molecule has 2 N–H and O–H groups in total. The maximum Gasteiger partial charge on any atom is 0.425 e. The summed E-state index contributed by atoms with van der Waals surface area (Å²) in [6, 6.07) is 6.76. The number of methoxy groups -OCH3 is 1. The predicted molar refractivity (Wildman–Crippen MR) is 66.8 cm³/mol. The van der Waals surface area contributed by atoms with Crippen molar-refractivity contribution in [3.8, 4) is 0 Å². The number of ether oxygens (including phenoxy) is 1. The third kappa shape index (κ3) is 4.24. The van der Waals surface area contributed by atoms with Crippen LogP contribution in [0.1, 0.15) is 10.4 Å². The zero-order valence-corrected chi connectivity index (χ0v) is 11.2. The molecule has 1 aromatic carbocycles. The number of amides is 2. The molecule has 0 saturated carbocycles. The molecule has 0 bridgehead atoms. The standard InChI is InChI=1S/C10H10BrClN2O3/c1-17-10(16)14-13-9(15)8(11)6-2-4-7(12)5-3-6/h2-5,8H,1H3,(H,13,15)(H,14,16). The fourth-order valence-corrected chi connectivity index (χ4v) is 1.56. The highest BCUT2D eigenvalue weighted by molar-refractivity contribution is 9.09. The van der Waals surface area contributed by atoms with Crippen LogP contribution in [0.4, 0.5) is 4.79 Å². The molecule has 0 aliphatic rings. The number of hydrazine groups is 1. The normalized spacial score (nSPS) is 11.5. The Morgan fingerprint density at radius 3 is 2.41 bits per heavy atom. The van der Waals surface area contributed by atoms with Crippen LogP contribution in [0.5, 0.6) is 0 Å². The van der Waals surface area contributed by atoms with Crippen molar-refractivity contribution >= 4 is 39.5 Å². The SMILES string of the molecule is COC(=O)NNC(=O)C(Br)c1ccc(Cl)cc1. The summed E-state index contributed by atoms with van der Waals surface area (Å²) in [6.07, 6.45) is -0.742. The predicted octanol–water partition coefficient (Wildman–Crippen LogP) is 2.16. The molecule has 92 valence electrons. The smallest absolute Gasteiger partial charge is 0.425 e. The van der Waals surface area contributed by atoms with Crippen LogP contribution < -0.4 is 10.9 Å². The van der Waals surface area contributed by atoms with Crippen LogP contribution in [-0.2, 0) is 9.53 Å². The van der Waals surface area contributed by atoms with Crippen molar-refractivity contribution in [2.45, 2.75) is 4.83 Å². The highest BCUT2D eigenvalue weighted by Crippen LogP contribution is 2.23. The molecule has 0 aromatic heterocycles. The average Bonchev–Trinajstić information content (AvgIpc) is 2.35. The van der Waals surface area contributed by atoms with Crippen molar-refractivity contribution in [3.63, 3.8) is 0 Å². The van der Waals surface area contributed by atoms with Gasteiger partial charge in [0.2, 0.25) is 0 Å². The van der Waals surface area contributed by atoms with Crippen LogP contribution >= 0.6 is 27.5 Å². The molecule has 2 amide bonds. The molecule has 5 nitrogen and oxygen atoms in total. The first-order chi connectivity index (χ1) is 8.04. The summed E-state index contributed by atoms with van der Waals surface area (Å²) in [6.45, 7) is 0. The topological polar surface area (TPSA) is 67.4 Å². The molecule has 0 spiro atoms. The van der Waals surface area contributed by atoms with Gasteiger partial charge in [-0.05, 0) is 17.7 Å². The fourth-order valence-electron chi connectivity index (χ4n) is 1.01. The number of nitrogens with one attached hydrogen (secondary N) is 2. The van der Waals surface area contributed by atoms with Crippen molar-refractivity contribution in [1.29, 1.82) is 0 Å². The number of halogens is 2. The molecule has 1 rings (SSSR count). The summed E-state index contributed by atoms with van der Waals surface area (Å²) in [4.78, 5) is 21.7. The van der Waals surface area contributed by atoms with Gasteiger partial charge in [-0.25, -0.2) is 10.2 Å². The van der Waals surface area contributed by atoms with E-state index in [1.165, 1.54) is 7.11 Å². The molecule has 1 unspecified atom stereocenters. The number of carbonyl (C=O) groups is 2. The summed E-state index contributed by atoms with van der Waals surface area (Å²) in [5.41, 5.74) is 5.00. The minimum atomic E-state index is -0.742. The Bertz CT molecular complexity index is 411. The van der Waals surface area contributed by atoms with Gasteiger partial charge in [-0.15, -0.1) is 0 Å². The first-order valence-electron chi connectivity index (χ1n) is 4.58. The molecule has 0 aliphatic heterocycles. The number of alkyl halides is 1. The van der Waals surface area contributed by atoms with E-state index in [1.54, 1.807) is 24.3 Å². The van der Waals surface area contributed by atoms with E-state index < -0.39 is 16.8 Å². The van der Waals surface area contributed by atoms with Gasteiger partial charge in [0.05, 0.1) is 7.11 Å².